The molecule has 0 rings (SSSR count). The van der Waals surface area contributed by atoms with Gasteiger partial charge in [-0.3, -0.25) is 4.99 Å². The summed E-state index contributed by atoms with van der Waals surface area (Å²) in [5, 5.41) is 8.20. The van der Waals surface area contributed by atoms with Gasteiger partial charge in [-0.25, -0.2) is 4.79 Å². The maximum atomic E-state index is 9.98. The lowest BCUT2D eigenvalue weighted by atomic mass is 10.4. The minimum absolute atomic E-state index is 0.597. The van der Waals surface area contributed by atoms with Crippen molar-refractivity contribution in [2.24, 2.45) is 4.99 Å². The number of carboxylic acid groups (broad SMARTS) is 1. The summed E-state index contributed by atoms with van der Waals surface area (Å²) in [6.45, 7) is 3.22. The highest BCUT2D eigenvalue weighted by Crippen LogP contribution is 1.85. The van der Waals surface area contributed by atoms with Gasteiger partial charge < -0.3 is 5.11 Å². The van der Waals surface area contributed by atoms with Gasteiger partial charge in [0.15, 0.2) is 0 Å². The number of aliphatic carboxylic acids is 1. The molecule has 0 aliphatic carbocycles. The van der Waals surface area contributed by atoms with E-state index in [2.05, 4.69) is 4.99 Å². The van der Waals surface area contributed by atoms with E-state index in [9.17, 15) is 4.79 Å². The molecule has 0 aromatic rings. The first-order valence-electron chi connectivity index (χ1n) is 2.39. The molecule has 1 atom stereocenters. The molecule has 0 heterocycles. The smallest absolute Gasteiger partial charge is 0.328 e. The summed E-state index contributed by atoms with van der Waals surface area (Å²) in [6.07, 6.45) is 1.48. The van der Waals surface area contributed by atoms with E-state index in [-0.39, 0.29) is 0 Å². The van der Waals surface area contributed by atoms with Gasteiger partial charge in [-0.15, -0.1) is 0 Å². The molecule has 46 valence electrons. The number of hydrogen-bond donors (Lipinski definition) is 1. The molecule has 3 heteroatoms. The second kappa shape index (κ2) is 3.18. The molecule has 0 bridgehead atoms. The third kappa shape index (κ3) is 2.34. The van der Waals surface area contributed by atoms with Crippen LogP contribution in [0.2, 0.25) is 0 Å². The Morgan fingerprint density at radius 2 is 2.38 bits per heavy atom. The summed E-state index contributed by atoms with van der Waals surface area (Å²) in [5.74, 6) is -0.886. The first-order chi connectivity index (χ1) is 3.68. The minimum atomic E-state index is -0.886. The molecule has 0 aliphatic heterocycles. The van der Waals surface area contributed by atoms with Crippen LogP contribution in [0.1, 0.15) is 13.8 Å². The van der Waals surface area contributed by atoms with Gasteiger partial charge in [0.1, 0.15) is 6.04 Å². The average Bonchev–Trinajstić information content (AvgIpc) is 1.67. The van der Waals surface area contributed by atoms with Gasteiger partial charge in [-0.2, -0.15) is 0 Å². The Kier molecular flexibility index (Phi) is 2.84. The molecule has 0 amide bonds. The van der Waals surface area contributed by atoms with E-state index in [4.69, 9.17) is 5.11 Å². The number of carbonyl (C=O) groups is 1. The zero-order chi connectivity index (χ0) is 6.57. The first kappa shape index (κ1) is 7.14. The van der Waals surface area contributed by atoms with Crippen molar-refractivity contribution in [2.45, 2.75) is 19.9 Å². The quantitative estimate of drug-likeness (QED) is 0.534. The normalized spacial score (nSPS) is 14.2. The summed E-state index contributed by atoms with van der Waals surface area (Å²) in [6, 6.07) is -0.597. The van der Waals surface area contributed by atoms with E-state index in [1.807, 2.05) is 0 Å². The average molecular weight is 115 g/mol. The lowest BCUT2D eigenvalue weighted by Crippen LogP contribution is -2.12. The predicted octanol–water partition coefficient (Wildman–Crippen LogP) is 0.550. The van der Waals surface area contributed by atoms with Crippen LogP contribution in [0.4, 0.5) is 0 Å². The number of carboxylic acids is 1. The van der Waals surface area contributed by atoms with Gasteiger partial charge in [0, 0.05) is 0 Å². The standard InChI is InChI=1S/C5H9NO2/c1-3-6-4(2)5(7)8/h3-4H,1-2H3,(H,7,8)/t4-/m0/s1. The molecular weight excluding hydrogens is 106 g/mol. The topological polar surface area (TPSA) is 49.7 Å². The molecule has 0 saturated carbocycles. The lowest BCUT2D eigenvalue weighted by Gasteiger charge is -1.93. The third-order valence-electron chi connectivity index (χ3n) is 0.730. The van der Waals surface area contributed by atoms with Crippen LogP contribution in [-0.2, 0) is 4.79 Å². The molecule has 8 heavy (non-hydrogen) atoms. The van der Waals surface area contributed by atoms with Crippen LogP contribution in [0.25, 0.3) is 0 Å². The van der Waals surface area contributed by atoms with Crippen LogP contribution >= 0.6 is 0 Å². The Morgan fingerprint density at radius 1 is 1.88 bits per heavy atom. The molecule has 0 aromatic heterocycles. The maximum absolute atomic E-state index is 9.98. The lowest BCUT2D eigenvalue weighted by molar-refractivity contribution is -0.137. The van der Waals surface area contributed by atoms with Crippen molar-refractivity contribution in [3.63, 3.8) is 0 Å². The second-order valence-electron chi connectivity index (χ2n) is 1.42. The van der Waals surface area contributed by atoms with E-state index in [0.29, 0.717) is 0 Å². The fourth-order valence-corrected chi connectivity index (χ4v) is 0.287. The molecule has 3 nitrogen and oxygen atoms in total. The Balaban J connectivity index is 3.64. The Bertz CT molecular complexity index is 109. The highest BCUT2D eigenvalue weighted by molar-refractivity contribution is 5.75. The van der Waals surface area contributed by atoms with E-state index < -0.39 is 12.0 Å². The van der Waals surface area contributed by atoms with Crippen molar-refractivity contribution in [3.8, 4) is 0 Å². The van der Waals surface area contributed by atoms with Gasteiger partial charge in [-0.05, 0) is 20.1 Å². The van der Waals surface area contributed by atoms with Crippen molar-refractivity contribution in [1.29, 1.82) is 0 Å². The maximum Gasteiger partial charge on any atom is 0.328 e. The molecule has 0 aromatic carbocycles. The van der Waals surface area contributed by atoms with Crippen molar-refractivity contribution in [1.82, 2.24) is 0 Å². The minimum Gasteiger partial charge on any atom is -0.480 e. The Hall–Kier alpha value is -0.860. The van der Waals surface area contributed by atoms with Gasteiger partial charge in [0.25, 0.3) is 0 Å². The summed E-state index contributed by atoms with van der Waals surface area (Å²) >= 11 is 0. The highest BCUT2D eigenvalue weighted by atomic mass is 16.4. The number of hydrogen-bond acceptors (Lipinski definition) is 2. The van der Waals surface area contributed by atoms with Crippen molar-refractivity contribution in [3.05, 3.63) is 0 Å². The van der Waals surface area contributed by atoms with Crippen molar-refractivity contribution in [2.75, 3.05) is 0 Å². The van der Waals surface area contributed by atoms with Gasteiger partial charge in [0.05, 0.1) is 0 Å². The summed E-state index contributed by atoms with van der Waals surface area (Å²) < 4.78 is 0. The zero-order valence-electron chi connectivity index (χ0n) is 4.96. The SMILES string of the molecule is CC=N[C@@H](C)C(=O)O. The van der Waals surface area contributed by atoms with E-state index in [1.54, 1.807) is 6.92 Å². The van der Waals surface area contributed by atoms with Crippen LogP contribution < -0.4 is 0 Å². The largest absolute Gasteiger partial charge is 0.480 e. The van der Waals surface area contributed by atoms with E-state index in [0.717, 1.165) is 0 Å². The third-order valence-corrected chi connectivity index (χ3v) is 0.730. The molecule has 0 radical (unpaired) electrons. The Labute approximate surface area is 48.1 Å². The van der Waals surface area contributed by atoms with Crippen molar-refractivity contribution >= 4 is 12.2 Å². The second-order valence-corrected chi connectivity index (χ2v) is 1.42. The number of rotatable bonds is 2. The van der Waals surface area contributed by atoms with E-state index >= 15 is 0 Å². The van der Waals surface area contributed by atoms with Gasteiger partial charge >= 0.3 is 5.97 Å². The number of aliphatic imine (C=N–C) groups is 1. The first-order valence-corrected chi connectivity index (χ1v) is 2.39. The van der Waals surface area contributed by atoms with Crippen LogP contribution in [-0.4, -0.2) is 23.3 Å². The fourth-order valence-electron chi connectivity index (χ4n) is 0.287. The summed E-state index contributed by atoms with van der Waals surface area (Å²) in [7, 11) is 0. The van der Waals surface area contributed by atoms with Crippen LogP contribution in [0.15, 0.2) is 4.99 Å². The highest BCUT2D eigenvalue weighted by Gasteiger charge is 2.04. The van der Waals surface area contributed by atoms with E-state index in [1.165, 1.54) is 13.1 Å². The van der Waals surface area contributed by atoms with Crippen LogP contribution in [0.3, 0.4) is 0 Å². The molecule has 0 aliphatic rings. The molecule has 0 saturated heterocycles. The zero-order valence-corrected chi connectivity index (χ0v) is 4.96. The molecular formula is C5H9NO2. The predicted molar refractivity (Wildman–Crippen MR) is 31.3 cm³/mol. The van der Waals surface area contributed by atoms with Crippen molar-refractivity contribution < 1.29 is 9.90 Å². The Morgan fingerprint density at radius 3 is 2.50 bits per heavy atom. The molecule has 0 unspecified atom stereocenters. The molecule has 1 N–H and O–H groups in total. The van der Waals surface area contributed by atoms with Crippen LogP contribution in [0, 0.1) is 0 Å². The summed E-state index contributed by atoms with van der Waals surface area (Å²) in [4.78, 5) is 13.6. The fraction of sp³-hybridized carbons (Fsp3) is 0.600. The van der Waals surface area contributed by atoms with Gasteiger partial charge in [-0.1, -0.05) is 0 Å². The molecule has 0 spiro atoms. The summed E-state index contributed by atoms with van der Waals surface area (Å²) in [5.41, 5.74) is 0. The van der Waals surface area contributed by atoms with Gasteiger partial charge in [0.2, 0.25) is 0 Å². The monoisotopic (exact) mass is 115 g/mol. The molecule has 0 fully saturated rings. The van der Waals surface area contributed by atoms with Crippen LogP contribution in [0.5, 0.6) is 0 Å². The number of nitrogens with zero attached hydrogens (tertiary/aromatic N) is 1.